The first-order valence-electron chi connectivity index (χ1n) is 2.37. The molecule has 0 spiro atoms. The van der Waals surface area contributed by atoms with Gasteiger partial charge in [0, 0.05) is 5.25 Å². The summed E-state index contributed by atoms with van der Waals surface area (Å²) in [5.74, 6) is 0. The number of hydrogen-bond donors (Lipinski definition) is 0. The van der Waals surface area contributed by atoms with Crippen LogP contribution >= 0.6 is 11.8 Å². The summed E-state index contributed by atoms with van der Waals surface area (Å²) in [6, 6.07) is 0. The van der Waals surface area contributed by atoms with Gasteiger partial charge < -0.3 is 0 Å². The topological polar surface area (TPSA) is 0 Å². The van der Waals surface area contributed by atoms with Gasteiger partial charge in [-0.1, -0.05) is 19.6 Å². The first-order valence-corrected chi connectivity index (χ1v) is 3.66. The van der Waals surface area contributed by atoms with Crippen molar-refractivity contribution in [1.82, 2.24) is 0 Å². The Kier molecular flexibility index (Phi) is 4.31. The number of hydrogen-bond acceptors (Lipinski definition) is 1. The monoisotopic (exact) mass is 115 g/mol. The van der Waals surface area contributed by atoms with Gasteiger partial charge in [0.25, 0.3) is 0 Å². The molecular formula is C6H11S. The SMILES string of the molecule is [CH]=CCC(C)SC. The molecule has 0 nitrogen and oxygen atoms in total. The molecule has 0 heterocycles. The summed E-state index contributed by atoms with van der Waals surface area (Å²) in [6.07, 6.45) is 4.82. The third-order valence-electron chi connectivity index (χ3n) is 0.870. The van der Waals surface area contributed by atoms with Gasteiger partial charge >= 0.3 is 0 Å². The average Bonchev–Trinajstić information content (AvgIpc) is 1.68. The second-order valence-corrected chi connectivity index (χ2v) is 2.79. The molecule has 0 aliphatic rings. The minimum atomic E-state index is 0.685. The van der Waals surface area contributed by atoms with Gasteiger partial charge in [-0.3, -0.25) is 0 Å². The summed E-state index contributed by atoms with van der Waals surface area (Å²) in [7, 11) is 0. The maximum atomic E-state index is 5.17. The molecule has 0 aromatic heterocycles. The second kappa shape index (κ2) is 4.25. The first kappa shape index (κ1) is 7.09. The molecule has 1 unspecified atom stereocenters. The number of thioether (sulfide) groups is 1. The van der Waals surface area contributed by atoms with Gasteiger partial charge in [-0.2, -0.15) is 11.8 Å². The molecule has 7 heavy (non-hydrogen) atoms. The van der Waals surface area contributed by atoms with Crippen LogP contribution in [0.25, 0.3) is 0 Å². The van der Waals surface area contributed by atoms with Gasteiger partial charge in [0.15, 0.2) is 0 Å². The molecule has 0 amide bonds. The van der Waals surface area contributed by atoms with Gasteiger partial charge in [-0.25, -0.2) is 0 Å². The molecule has 0 aliphatic carbocycles. The largest absolute Gasteiger partial charge is 0.162 e. The van der Waals surface area contributed by atoms with E-state index >= 15 is 0 Å². The molecule has 0 bridgehead atoms. The van der Waals surface area contributed by atoms with Crippen LogP contribution in [-0.4, -0.2) is 11.5 Å². The van der Waals surface area contributed by atoms with Crippen molar-refractivity contribution in [3.8, 4) is 0 Å². The van der Waals surface area contributed by atoms with Crippen molar-refractivity contribution in [3.63, 3.8) is 0 Å². The predicted molar refractivity (Wildman–Crippen MR) is 36.5 cm³/mol. The minimum Gasteiger partial charge on any atom is -0.162 e. The van der Waals surface area contributed by atoms with Crippen LogP contribution in [0, 0.1) is 6.58 Å². The van der Waals surface area contributed by atoms with Crippen LogP contribution in [-0.2, 0) is 0 Å². The van der Waals surface area contributed by atoms with Crippen molar-refractivity contribution in [2.75, 3.05) is 6.26 Å². The average molecular weight is 115 g/mol. The summed E-state index contributed by atoms with van der Waals surface area (Å²) < 4.78 is 0. The molecule has 1 atom stereocenters. The van der Waals surface area contributed by atoms with Gasteiger partial charge in [0.05, 0.1) is 0 Å². The van der Waals surface area contributed by atoms with E-state index in [1.54, 1.807) is 6.08 Å². The van der Waals surface area contributed by atoms with Crippen LogP contribution in [0.15, 0.2) is 6.08 Å². The molecule has 1 radical (unpaired) electrons. The Morgan fingerprint density at radius 3 is 2.57 bits per heavy atom. The highest BCUT2D eigenvalue weighted by atomic mass is 32.2. The summed E-state index contributed by atoms with van der Waals surface area (Å²) >= 11 is 1.84. The molecule has 1 heteroatoms. The van der Waals surface area contributed by atoms with Gasteiger partial charge in [0.1, 0.15) is 0 Å². The van der Waals surface area contributed by atoms with Crippen molar-refractivity contribution in [1.29, 1.82) is 0 Å². The van der Waals surface area contributed by atoms with Crippen LogP contribution in [0.1, 0.15) is 13.3 Å². The minimum absolute atomic E-state index is 0.685. The normalized spacial score (nSPS) is 13.4. The lowest BCUT2D eigenvalue weighted by Crippen LogP contribution is -1.89. The maximum absolute atomic E-state index is 5.17. The molecular weight excluding hydrogens is 104 g/mol. The lowest BCUT2D eigenvalue weighted by molar-refractivity contribution is 0.986. The van der Waals surface area contributed by atoms with Crippen molar-refractivity contribution in [3.05, 3.63) is 12.7 Å². The Hall–Kier alpha value is 0.0900. The zero-order valence-corrected chi connectivity index (χ0v) is 5.66. The van der Waals surface area contributed by atoms with Crippen LogP contribution in [0.5, 0.6) is 0 Å². The molecule has 0 aromatic rings. The van der Waals surface area contributed by atoms with Gasteiger partial charge in [0.2, 0.25) is 0 Å². The zero-order chi connectivity index (χ0) is 5.70. The Morgan fingerprint density at radius 2 is 2.43 bits per heavy atom. The van der Waals surface area contributed by atoms with E-state index in [2.05, 4.69) is 13.2 Å². The summed E-state index contributed by atoms with van der Waals surface area (Å²) in [5, 5.41) is 0.685. The maximum Gasteiger partial charge on any atom is 0.00505 e. The molecule has 0 saturated carbocycles. The van der Waals surface area contributed by atoms with E-state index in [-0.39, 0.29) is 0 Å². The van der Waals surface area contributed by atoms with Crippen molar-refractivity contribution in [2.24, 2.45) is 0 Å². The fourth-order valence-electron chi connectivity index (χ4n) is 0.288. The standard InChI is InChI=1S/C6H11S/c1-4-5-6(2)7-3/h1,4,6H,5H2,2-3H3. The zero-order valence-electron chi connectivity index (χ0n) is 4.85. The Morgan fingerprint density at radius 1 is 1.86 bits per heavy atom. The smallest absolute Gasteiger partial charge is 0.00505 e. The summed E-state index contributed by atoms with van der Waals surface area (Å²) in [4.78, 5) is 0. The fraction of sp³-hybridized carbons (Fsp3) is 0.667. The highest BCUT2D eigenvalue weighted by Gasteiger charge is 1.91. The Balaban J connectivity index is 2.98. The summed E-state index contributed by atoms with van der Waals surface area (Å²) in [6.45, 7) is 7.33. The van der Waals surface area contributed by atoms with Gasteiger partial charge in [-0.05, 0) is 12.7 Å². The van der Waals surface area contributed by atoms with E-state index in [1.165, 1.54) is 0 Å². The molecule has 0 rings (SSSR count). The van der Waals surface area contributed by atoms with E-state index in [9.17, 15) is 0 Å². The lowest BCUT2D eigenvalue weighted by Gasteiger charge is -1.99. The van der Waals surface area contributed by atoms with E-state index < -0.39 is 0 Å². The lowest BCUT2D eigenvalue weighted by atomic mass is 10.3. The summed E-state index contributed by atoms with van der Waals surface area (Å²) in [5.41, 5.74) is 0. The van der Waals surface area contributed by atoms with Crippen LogP contribution in [0.4, 0.5) is 0 Å². The molecule has 41 valence electrons. The molecule has 0 N–H and O–H groups in total. The van der Waals surface area contributed by atoms with Crippen molar-refractivity contribution >= 4 is 11.8 Å². The van der Waals surface area contributed by atoms with E-state index in [0.29, 0.717) is 5.25 Å². The third kappa shape index (κ3) is 3.93. The predicted octanol–water partition coefficient (Wildman–Crippen LogP) is 2.12. The van der Waals surface area contributed by atoms with Gasteiger partial charge in [-0.15, -0.1) is 0 Å². The number of allylic oxidation sites excluding steroid dienone is 1. The fourth-order valence-corrected chi connectivity index (χ4v) is 0.591. The van der Waals surface area contributed by atoms with E-state index in [1.807, 2.05) is 11.8 Å². The van der Waals surface area contributed by atoms with Crippen LogP contribution in [0.2, 0.25) is 0 Å². The number of rotatable bonds is 3. The second-order valence-electron chi connectivity index (χ2n) is 1.52. The highest BCUT2D eigenvalue weighted by molar-refractivity contribution is 7.99. The Labute approximate surface area is 50.0 Å². The molecule has 0 saturated heterocycles. The quantitative estimate of drug-likeness (QED) is 0.543. The van der Waals surface area contributed by atoms with Crippen molar-refractivity contribution in [2.45, 2.75) is 18.6 Å². The third-order valence-corrected chi connectivity index (χ3v) is 1.87. The van der Waals surface area contributed by atoms with Crippen LogP contribution < -0.4 is 0 Å². The molecule has 0 aliphatic heterocycles. The van der Waals surface area contributed by atoms with Crippen LogP contribution in [0.3, 0.4) is 0 Å². The molecule has 0 aromatic carbocycles. The Bertz CT molecular complexity index is 50.1. The van der Waals surface area contributed by atoms with E-state index in [4.69, 9.17) is 6.58 Å². The van der Waals surface area contributed by atoms with Crippen molar-refractivity contribution < 1.29 is 0 Å². The van der Waals surface area contributed by atoms with E-state index in [0.717, 1.165) is 6.42 Å². The first-order chi connectivity index (χ1) is 3.31. The molecule has 0 fully saturated rings. The highest BCUT2D eigenvalue weighted by Crippen LogP contribution is 2.08.